The molecule has 18 N–H and O–H groups in total. The molecule has 356 valence electrons. The van der Waals surface area contributed by atoms with Crippen molar-refractivity contribution in [2.45, 2.75) is 119 Å². The largest absolute Gasteiger partial charge is 0.481 e. The van der Waals surface area contributed by atoms with Crippen LogP contribution < -0.4 is 54.4 Å². The van der Waals surface area contributed by atoms with Gasteiger partial charge in [0.2, 0.25) is 47.3 Å². The van der Waals surface area contributed by atoms with Crippen molar-refractivity contribution in [3.05, 3.63) is 0 Å². The third-order valence-corrected chi connectivity index (χ3v) is 9.47. The van der Waals surface area contributed by atoms with Gasteiger partial charge in [-0.05, 0) is 71.4 Å². The van der Waals surface area contributed by atoms with E-state index >= 15 is 0 Å². The molecule has 0 spiro atoms. The Bertz CT molecular complexity index is 1630. The number of unbranched alkanes of at least 4 members (excludes halogenated alkanes) is 2. The fraction of sp³-hybridized carbons (Fsp3) is 0.694. The van der Waals surface area contributed by atoms with Crippen molar-refractivity contribution in [2.24, 2.45) is 17.2 Å². The Labute approximate surface area is 361 Å². The van der Waals surface area contributed by atoms with Crippen molar-refractivity contribution in [1.29, 1.82) is 0 Å². The Balaban J connectivity index is 3.19. The van der Waals surface area contributed by atoms with Crippen molar-refractivity contribution in [1.82, 2.24) is 42.1 Å². The van der Waals surface area contributed by atoms with Crippen LogP contribution in [0, 0.1) is 0 Å². The Morgan fingerprint density at radius 3 is 1.59 bits per heavy atom. The summed E-state index contributed by atoms with van der Waals surface area (Å²) in [4.78, 5) is 140. The van der Waals surface area contributed by atoms with Crippen LogP contribution in [0.5, 0.6) is 0 Å². The number of aliphatic hydroxyl groups is 2. The molecule has 1 heterocycles. The second-order valence-corrected chi connectivity index (χ2v) is 14.6. The van der Waals surface area contributed by atoms with Crippen LogP contribution in [0.15, 0.2) is 0 Å². The highest BCUT2D eigenvalue weighted by Crippen LogP contribution is 2.20. The number of nitrogens with two attached hydrogens (primary N) is 3. The molecule has 0 bridgehead atoms. The van der Waals surface area contributed by atoms with E-state index in [0.29, 0.717) is 32.1 Å². The predicted octanol–water partition coefficient (Wildman–Crippen LogP) is -7.37. The second kappa shape index (κ2) is 28.5. The molecular formula is C36H61N11O16. The van der Waals surface area contributed by atoms with Crippen molar-refractivity contribution < 1.29 is 78.3 Å². The van der Waals surface area contributed by atoms with Gasteiger partial charge in [-0.2, -0.15) is 0 Å². The number of hydrogen-bond acceptors (Lipinski definition) is 16. The lowest BCUT2D eigenvalue weighted by molar-refractivity contribution is -0.144. The van der Waals surface area contributed by atoms with Crippen LogP contribution in [-0.2, 0) is 52.7 Å². The van der Waals surface area contributed by atoms with Gasteiger partial charge < -0.3 is 84.9 Å². The lowest BCUT2D eigenvalue weighted by Crippen LogP contribution is -2.59. The lowest BCUT2D eigenvalue weighted by Gasteiger charge is -2.30. The Morgan fingerprint density at radius 2 is 1.08 bits per heavy atom. The van der Waals surface area contributed by atoms with Gasteiger partial charge in [0.1, 0.15) is 42.3 Å². The van der Waals surface area contributed by atoms with Gasteiger partial charge in [-0.3, -0.25) is 47.9 Å². The van der Waals surface area contributed by atoms with Crippen LogP contribution >= 0.6 is 0 Å². The van der Waals surface area contributed by atoms with Crippen LogP contribution in [0.3, 0.4) is 0 Å². The molecular weight excluding hydrogens is 842 g/mol. The first-order chi connectivity index (χ1) is 29.7. The molecule has 63 heavy (non-hydrogen) atoms. The average molecular weight is 904 g/mol. The highest BCUT2D eigenvalue weighted by atomic mass is 16.4. The maximum absolute atomic E-state index is 14.0. The summed E-state index contributed by atoms with van der Waals surface area (Å²) in [6, 6.07) is -11.9. The third kappa shape index (κ3) is 19.7. The maximum Gasteiger partial charge on any atom is 0.328 e. The van der Waals surface area contributed by atoms with Crippen LogP contribution in [0.25, 0.3) is 0 Å². The van der Waals surface area contributed by atoms with Crippen LogP contribution in [0.1, 0.15) is 71.1 Å². The first-order valence-corrected chi connectivity index (χ1v) is 20.1. The molecule has 1 saturated heterocycles. The predicted molar refractivity (Wildman–Crippen MR) is 215 cm³/mol. The Kier molecular flexibility index (Phi) is 24.9. The minimum absolute atomic E-state index is 0.0133. The normalized spacial score (nSPS) is 16.7. The first kappa shape index (κ1) is 55.0. The molecule has 8 atom stereocenters. The minimum atomic E-state index is -1.87. The van der Waals surface area contributed by atoms with Gasteiger partial charge in [0.05, 0.1) is 38.6 Å². The van der Waals surface area contributed by atoms with Crippen molar-refractivity contribution in [3.63, 3.8) is 0 Å². The summed E-state index contributed by atoms with van der Waals surface area (Å²) in [6.45, 7) is -1.04. The van der Waals surface area contributed by atoms with Crippen LogP contribution in [0.2, 0.25) is 0 Å². The number of nitrogens with one attached hydrogen (secondary N) is 7. The number of carbonyl (C=O) groups is 11. The molecule has 0 aromatic carbocycles. The van der Waals surface area contributed by atoms with E-state index in [-0.39, 0.29) is 38.9 Å². The summed E-state index contributed by atoms with van der Waals surface area (Å²) in [6.07, 6.45) is -0.0483. The van der Waals surface area contributed by atoms with Crippen molar-refractivity contribution in [2.75, 3.05) is 39.4 Å². The van der Waals surface area contributed by atoms with Crippen molar-refractivity contribution in [3.8, 4) is 0 Å². The number of likely N-dealkylation sites (tertiary alicyclic amines) is 1. The van der Waals surface area contributed by atoms with E-state index in [9.17, 15) is 73.2 Å². The fourth-order valence-electron chi connectivity index (χ4n) is 6.09. The van der Waals surface area contributed by atoms with Gasteiger partial charge in [0, 0.05) is 6.54 Å². The topological polar surface area (TPSA) is 454 Å². The summed E-state index contributed by atoms with van der Waals surface area (Å²) in [7, 11) is 0. The zero-order valence-electron chi connectivity index (χ0n) is 34.8. The van der Waals surface area contributed by atoms with E-state index in [1.54, 1.807) is 0 Å². The second-order valence-electron chi connectivity index (χ2n) is 14.6. The number of carbonyl (C=O) groups excluding carboxylic acids is 8. The number of carboxylic acid groups (broad SMARTS) is 3. The van der Waals surface area contributed by atoms with E-state index in [1.807, 2.05) is 10.6 Å². The summed E-state index contributed by atoms with van der Waals surface area (Å²) in [5.41, 5.74) is 16.7. The maximum atomic E-state index is 14.0. The lowest BCUT2D eigenvalue weighted by atomic mass is 10.0. The molecule has 0 radical (unpaired) electrons. The molecule has 0 aromatic heterocycles. The van der Waals surface area contributed by atoms with Gasteiger partial charge >= 0.3 is 17.9 Å². The van der Waals surface area contributed by atoms with E-state index in [1.165, 1.54) is 11.8 Å². The molecule has 0 saturated carbocycles. The molecule has 0 aliphatic carbocycles. The van der Waals surface area contributed by atoms with Gasteiger partial charge in [0.25, 0.3) is 0 Å². The summed E-state index contributed by atoms with van der Waals surface area (Å²) in [5.74, 6) is -12.5. The van der Waals surface area contributed by atoms with Crippen molar-refractivity contribution >= 4 is 65.2 Å². The highest BCUT2D eigenvalue weighted by molar-refractivity contribution is 5.98. The Hall–Kier alpha value is -6.03. The smallest absolute Gasteiger partial charge is 0.328 e. The molecule has 1 aliphatic rings. The quantitative estimate of drug-likeness (QED) is 0.0298. The summed E-state index contributed by atoms with van der Waals surface area (Å²) >= 11 is 0. The average Bonchev–Trinajstić information content (AvgIpc) is 3.72. The van der Waals surface area contributed by atoms with Gasteiger partial charge in [0.15, 0.2) is 0 Å². The molecule has 1 aliphatic heterocycles. The first-order valence-electron chi connectivity index (χ1n) is 20.1. The number of hydrogen-bond donors (Lipinski definition) is 15. The minimum Gasteiger partial charge on any atom is -0.481 e. The molecule has 1 rings (SSSR count). The molecule has 1 fully saturated rings. The van der Waals surface area contributed by atoms with E-state index in [2.05, 4.69) is 26.6 Å². The standard InChI is InChI=1S/C36H61N11O16/c1-18(39)29(55)43-22(14-28(53)54)32(58)44-21(13-27(51)52)30(56)40-15-26(50)41-19(7-2-4-10-37)31(57)42-20(8-3-5-11-38)35(61)47-12-6-9-25(47)34(60)45-23(16-48)33(59)46-24(17-49)36(62)63/h18-25,48-49H,2-17,37-39H2,1H3,(H,40,56)(H,41,50)(H,42,57)(H,43,55)(H,44,58)(H,45,60)(H,46,59)(H,51,52)(H,53,54)(H,62,63)/t18-,19-,20-,21-,22-,23-,24-,25-/m0/s1. The number of rotatable bonds is 30. The van der Waals surface area contributed by atoms with Crippen LogP contribution in [0.4, 0.5) is 0 Å². The molecule has 0 aromatic rings. The van der Waals surface area contributed by atoms with Crippen LogP contribution in [-0.4, -0.2) is 183 Å². The number of amides is 8. The number of nitrogens with zero attached hydrogens (tertiary/aromatic N) is 1. The molecule has 0 unspecified atom stereocenters. The molecule has 27 heteroatoms. The van der Waals surface area contributed by atoms with Gasteiger partial charge in [-0.15, -0.1) is 0 Å². The number of carboxylic acids is 3. The SMILES string of the molecule is C[C@H](N)C(=O)N[C@@H](CC(=O)O)C(=O)N[C@@H](CC(=O)O)C(=O)NCC(=O)N[C@@H](CCCCN)C(=O)N[C@@H](CCCCN)C(=O)N1CCC[C@H]1C(=O)N[C@@H](CO)C(=O)N[C@@H](CO)C(=O)O. The number of aliphatic carboxylic acids is 3. The van der Waals surface area contributed by atoms with Gasteiger partial charge in [-0.25, -0.2) is 4.79 Å². The zero-order valence-corrected chi connectivity index (χ0v) is 34.8. The monoisotopic (exact) mass is 903 g/mol. The molecule has 8 amide bonds. The highest BCUT2D eigenvalue weighted by Gasteiger charge is 2.40. The van der Waals surface area contributed by atoms with E-state index < -0.39 is 146 Å². The van der Waals surface area contributed by atoms with Gasteiger partial charge in [-0.1, -0.05) is 0 Å². The number of aliphatic hydroxyl groups excluding tert-OH is 2. The third-order valence-electron chi connectivity index (χ3n) is 9.47. The Morgan fingerprint density at radius 1 is 0.603 bits per heavy atom. The van der Waals surface area contributed by atoms with E-state index in [0.717, 1.165) is 0 Å². The summed E-state index contributed by atoms with van der Waals surface area (Å²) < 4.78 is 0. The molecule has 27 nitrogen and oxygen atoms in total. The van der Waals surface area contributed by atoms with E-state index in [4.69, 9.17) is 22.3 Å². The fourth-order valence-corrected chi connectivity index (χ4v) is 6.09. The zero-order chi connectivity index (χ0) is 47.8. The summed E-state index contributed by atoms with van der Waals surface area (Å²) in [5, 5.41) is 62.3.